The summed E-state index contributed by atoms with van der Waals surface area (Å²) in [6.07, 6.45) is 2.14. The lowest BCUT2D eigenvalue weighted by molar-refractivity contribution is 0.185. The second kappa shape index (κ2) is 5.87. The van der Waals surface area contributed by atoms with Gasteiger partial charge in [0.25, 0.3) is 0 Å². The lowest BCUT2D eigenvalue weighted by Crippen LogP contribution is -2.25. The van der Waals surface area contributed by atoms with Gasteiger partial charge in [0.2, 0.25) is 0 Å². The molecule has 1 heterocycles. The Morgan fingerprint density at radius 3 is 3.12 bits per heavy atom. The van der Waals surface area contributed by atoms with Crippen LogP contribution in [0.2, 0.25) is 0 Å². The molecule has 1 saturated heterocycles. The van der Waals surface area contributed by atoms with Crippen LogP contribution in [-0.4, -0.2) is 31.4 Å². The molecule has 0 radical (unpaired) electrons. The van der Waals surface area contributed by atoms with E-state index in [1.807, 2.05) is 18.2 Å². The van der Waals surface area contributed by atoms with Gasteiger partial charge < -0.3 is 15.2 Å². The van der Waals surface area contributed by atoms with Gasteiger partial charge in [0.1, 0.15) is 5.75 Å². The molecular weight excluding hydrogens is 202 g/mol. The molecule has 1 fully saturated rings. The van der Waals surface area contributed by atoms with E-state index in [0.717, 1.165) is 32.7 Å². The quantitative estimate of drug-likeness (QED) is 0.741. The molecule has 2 rings (SSSR count). The van der Waals surface area contributed by atoms with E-state index in [0.29, 0.717) is 11.7 Å². The summed E-state index contributed by atoms with van der Waals surface area (Å²) in [6.45, 7) is 3.82. The molecule has 0 spiro atoms. The first-order chi connectivity index (χ1) is 7.84. The Morgan fingerprint density at radius 2 is 2.38 bits per heavy atom. The van der Waals surface area contributed by atoms with Gasteiger partial charge in [-0.25, -0.2) is 0 Å². The van der Waals surface area contributed by atoms with Gasteiger partial charge in [0.15, 0.2) is 0 Å². The zero-order chi connectivity index (χ0) is 11.2. The van der Waals surface area contributed by atoms with Gasteiger partial charge in [0, 0.05) is 13.2 Å². The van der Waals surface area contributed by atoms with E-state index in [1.165, 1.54) is 12.0 Å². The number of phenols is 1. The highest BCUT2D eigenvalue weighted by molar-refractivity contribution is 5.27. The number of nitrogens with one attached hydrogen (secondary N) is 1. The third-order valence-corrected chi connectivity index (χ3v) is 2.96. The van der Waals surface area contributed by atoms with Gasteiger partial charge in [-0.2, -0.15) is 0 Å². The van der Waals surface area contributed by atoms with Crippen LogP contribution in [-0.2, 0) is 11.2 Å². The van der Waals surface area contributed by atoms with Crippen LogP contribution < -0.4 is 5.32 Å². The predicted octanol–water partition coefficient (Wildman–Crippen LogP) is 1.56. The van der Waals surface area contributed by atoms with E-state index in [4.69, 9.17) is 4.74 Å². The standard InChI is InChI=1S/C13H19NO2/c15-13-3-1-2-11(8-13)4-6-14-9-12-5-7-16-10-12/h1-3,8,12,14-15H,4-7,9-10H2. The van der Waals surface area contributed by atoms with Crippen LogP contribution in [0, 0.1) is 5.92 Å². The van der Waals surface area contributed by atoms with Crippen LogP contribution >= 0.6 is 0 Å². The molecule has 16 heavy (non-hydrogen) atoms. The number of hydrogen-bond acceptors (Lipinski definition) is 3. The van der Waals surface area contributed by atoms with E-state index in [-0.39, 0.29) is 0 Å². The van der Waals surface area contributed by atoms with Crippen molar-refractivity contribution in [3.8, 4) is 5.75 Å². The van der Waals surface area contributed by atoms with Gasteiger partial charge in [-0.1, -0.05) is 12.1 Å². The fourth-order valence-electron chi connectivity index (χ4n) is 2.00. The summed E-state index contributed by atoms with van der Waals surface area (Å²) in [7, 11) is 0. The minimum absolute atomic E-state index is 0.349. The van der Waals surface area contributed by atoms with Crippen LogP contribution in [0.3, 0.4) is 0 Å². The molecule has 0 aromatic heterocycles. The molecule has 1 aliphatic heterocycles. The maximum Gasteiger partial charge on any atom is 0.115 e. The fraction of sp³-hybridized carbons (Fsp3) is 0.538. The Labute approximate surface area is 96.4 Å². The second-order valence-corrected chi connectivity index (χ2v) is 4.35. The van der Waals surface area contributed by atoms with Crippen molar-refractivity contribution < 1.29 is 9.84 Å². The third-order valence-electron chi connectivity index (χ3n) is 2.96. The summed E-state index contributed by atoms with van der Waals surface area (Å²) < 4.78 is 5.32. The van der Waals surface area contributed by atoms with Gasteiger partial charge in [-0.3, -0.25) is 0 Å². The second-order valence-electron chi connectivity index (χ2n) is 4.35. The van der Waals surface area contributed by atoms with Crippen molar-refractivity contribution >= 4 is 0 Å². The third kappa shape index (κ3) is 3.51. The van der Waals surface area contributed by atoms with Gasteiger partial charge in [-0.15, -0.1) is 0 Å². The highest BCUT2D eigenvalue weighted by atomic mass is 16.5. The summed E-state index contributed by atoms with van der Waals surface area (Å²) in [5.41, 5.74) is 1.18. The number of aromatic hydroxyl groups is 1. The smallest absolute Gasteiger partial charge is 0.115 e. The molecule has 88 valence electrons. The normalized spacial score (nSPS) is 20.1. The minimum Gasteiger partial charge on any atom is -0.508 e. The molecule has 0 bridgehead atoms. The SMILES string of the molecule is Oc1cccc(CCNCC2CCOC2)c1. The molecule has 1 unspecified atom stereocenters. The highest BCUT2D eigenvalue weighted by Gasteiger charge is 2.14. The Balaban J connectivity index is 1.64. The lowest BCUT2D eigenvalue weighted by Gasteiger charge is -2.09. The molecule has 1 aliphatic rings. The molecule has 0 aliphatic carbocycles. The van der Waals surface area contributed by atoms with Crippen molar-refractivity contribution in [2.45, 2.75) is 12.8 Å². The molecule has 0 amide bonds. The first kappa shape index (κ1) is 11.4. The number of phenolic OH excluding ortho intramolecular Hbond substituents is 1. The van der Waals surface area contributed by atoms with Crippen LogP contribution in [0.5, 0.6) is 5.75 Å². The van der Waals surface area contributed by atoms with Gasteiger partial charge in [-0.05, 0) is 43.0 Å². The van der Waals surface area contributed by atoms with E-state index in [9.17, 15) is 5.11 Å². The minimum atomic E-state index is 0.349. The van der Waals surface area contributed by atoms with Crippen LogP contribution in [0.1, 0.15) is 12.0 Å². The summed E-state index contributed by atoms with van der Waals surface area (Å²) in [5, 5.41) is 12.7. The Morgan fingerprint density at radius 1 is 1.44 bits per heavy atom. The summed E-state index contributed by atoms with van der Waals surface area (Å²) in [6, 6.07) is 7.45. The fourth-order valence-corrected chi connectivity index (χ4v) is 2.00. The van der Waals surface area contributed by atoms with Crippen molar-refractivity contribution in [1.29, 1.82) is 0 Å². The first-order valence-electron chi connectivity index (χ1n) is 5.91. The molecule has 1 atom stereocenters. The van der Waals surface area contributed by atoms with Crippen LogP contribution in [0.4, 0.5) is 0 Å². The van der Waals surface area contributed by atoms with Crippen molar-refractivity contribution in [1.82, 2.24) is 5.32 Å². The van der Waals surface area contributed by atoms with E-state index < -0.39 is 0 Å². The molecule has 3 nitrogen and oxygen atoms in total. The van der Waals surface area contributed by atoms with Crippen molar-refractivity contribution in [2.24, 2.45) is 5.92 Å². The molecule has 0 saturated carbocycles. The summed E-state index contributed by atoms with van der Waals surface area (Å²) in [5.74, 6) is 1.03. The number of ether oxygens (including phenoxy) is 1. The number of benzene rings is 1. The lowest BCUT2D eigenvalue weighted by atomic mass is 10.1. The zero-order valence-corrected chi connectivity index (χ0v) is 9.48. The van der Waals surface area contributed by atoms with Gasteiger partial charge >= 0.3 is 0 Å². The molecule has 1 aromatic carbocycles. The zero-order valence-electron chi connectivity index (χ0n) is 9.48. The largest absolute Gasteiger partial charge is 0.508 e. The predicted molar refractivity (Wildman–Crippen MR) is 63.6 cm³/mol. The maximum atomic E-state index is 9.31. The van der Waals surface area contributed by atoms with Gasteiger partial charge in [0.05, 0.1) is 6.61 Å². The van der Waals surface area contributed by atoms with Crippen molar-refractivity contribution in [2.75, 3.05) is 26.3 Å². The van der Waals surface area contributed by atoms with E-state index in [1.54, 1.807) is 6.07 Å². The Kier molecular flexibility index (Phi) is 4.19. The Hall–Kier alpha value is -1.06. The van der Waals surface area contributed by atoms with E-state index in [2.05, 4.69) is 5.32 Å². The van der Waals surface area contributed by atoms with Crippen LogP contribution in [0.25, 0.3) is 0 Å². The van der Waals surface area contributed by atoms with E-state index >= 15 is 0 Å². The molecule has 2 N–H and O–H groups in total. The average Bonchev–Trinajstić information content (AvgIpc) is 2.77. The first-order valence-corrected chi connectivity index (χ1v) is 5.91. The summed E-state index contributed by atoms with van der Waals surface area (Å²) >= 11 is 0. The number of hydrogen-bond donors (Lipinski definition) is 2. The van der Waals surface area contributed by atoms with Crippen molar-refractivity contribution in [3.63, 3.8) is 0 Å². The highest BCUT2D eigenvalue weighted by Crippen LogP contribution is 2.12. The van der Waals surface area contributed by atoms with Crippen LogP contribution in [0.15, 0.2) is 24.3 Å². The van der Waals surface area contributed by atoms with Crippen molar-refractivity contribution in [3.05, 3.63) is 29.8 Å². The summed E-state index contributed by atoms with van der Waals surface area (Å²) in [4.78, 5) is 0. The Bertz CT molecular complexity index is 321. The molecular formula is C13H19NO2. The molecule has 3 heteroatoms. The average molecular weight is 221 g/mol. The molecule has 1 aromatic rings. The topological polar surface area (TPSA) is 41.5 Å². The number of rotatable bonds is 5. The maximum absolute atomic E-state index is 9.31. The monoisotopic (exact) mass is 221 g/mol.